The number of piperazine rings is 1. The minimum Gasteiger partial charge on any atom is -0.361 e. The van der Waals surface area contributed by atoms with Gasteiger partial charge in [-0.25, -0.2) is 0 Å². The molecule has 0 saturated carbocycles. The normalized spacial score (nSPS) is 17.6. The zero-order valence-electron chi connectivity index (χ0n) is 14.6. The van der Waals surface area contributed by atoms with E-state index in [0.29, 0.717) is 25.3 Å². The lowest BCUT2D eigenvalue weighted by Crippen LogP contribution is -2.51. The van der Waals surface area contributed by atoms with Crippen LogP contribution in [-0.2, 0) is 11.2 Å². The fourth-order valence-electron chi connectivity index (χ4n) is 3.20. The minimum absolute atomic E-state index is 0.0275. The van der Waals surface area contributed by atoms with Crippen molar-refractivity contribution in [2.24, 2.45) is 0 Å². The van der Waals surface area contributed by atoms with Crippen LogP contribution in [0.5, 0.6) is 0 Å². The molecular formula is C19H23N3O3. The van der Waals surface area contributed by atoms with Gasteiger partial charge in [0, 0.05) is 39.0 Å². The number of hydrogen-bond donors (Lipinski definition) is 0. The largest absolute Gasteiger partial charge is 0.361 e. The van der Waals surface area contributed by atoms with E-state index in [1.807, 2.05) is 30.3 Å². The molecule has 6 heteroatoms. The molecule has 3 rings (SSSR count). The van der Waals surface area contributed by atoms with Crippen LogP contribution in [0.4, 0.5) is 0 Å². The molecule has 1 aromatic heterocycles. The Bertz CT molecular complexity index is 741. The highest BCUT2D eigenvalue weighted by Gasteiger charge is 2.34. The van der Waals surface area contributed by atoms with Crippen LogP contribution in [0.15, 0.2) is 40.9 Å². The molecule has 2 amide bonds. The maximum atomic E-state index is 13.0. The quantitative estimate of drug-likeness (QED) is 0.857. The minimum atomic E-state index is -0.183. The number of aryl methyl sites for hydroxylation is 1. The van der Waals surface area contributed by atoms with Crippen LogP contribution in [0.1, 0.15) is 48.1 Å². The molecule has 0 unspecified atom stereocenters. The van der Waals surface area contributed by atoms with Crippen LogP contribution in [0, 0.1) is 0 Å². The molecule has 1 saturated heterocycles. The Kier molecular flexibility index (Phi) is 5.16. The van der Waals surface area contributed by atoms with Crippen molar-refractivity contribution in [3.8, 4) is 0 Å². The molecule has 0 aliphatic carbocycles. The van der Waals surface area contributed by atoms with Gasteiger partial charge < -0.3 is 14.3 Å². The van der Waals surface area contributed by atoms with Crippen molar-refractivity contribution in [2.75, 3.05) is 19.6 Å². The molecular weight excluding hydrogens is 318 g/mol. The van der Waals surface area contributed by atoms with E-state index in [1.54, 1.807) is 22.8 Å². The molecule has 0 N–H and O–H groups in total. The molecule has 2 aromatic rings. The van der Waals surface area contributed by atoms with E-state index in [2.05, 4.69) is 12.1 Å². The van der Waals surface area contributed by atoms with Crippen molar-refractivity contribution in [2.45, 2.75) is 32.7 Å². The number of nitrogens with zero attached hydrogens (tertiary/aromatic N) is 3. The Labute approximate surface area is 147 Å². The predicted octanol–water partition coefficient (Wildman–Crippen LogP) is 2.67. The number of carbonyl (C=O) groups excluding carboxylic acids is 2. The Balaban J connectivity index is 1.86. The Morgan fingerprint density at radius 2 is 2.00 bits per heavy atom. The number of carbonyl (C=O) groups is 2. The first-order chi connectivity index (χ1) is 12.1. The zero-order chi connectivity index (χ0) is 17.8. The Morgan fingerprint density at radius 3 is 2.68 bits per heavy atom. The van der Waals surface area contributed by atoms with E-state index in [4.69, 9.17) is 4.52 Å². The van der Waals surface area contributed by atoms with Gasteiger partial charge in [-0.3, -0.25) is 9.59 Å². The van der Waals surface area contributed by atoms with Gasteiger partial charge in [-0.15, -0.1) is 0 Å². The molecule has 6 nitrogen and oxygen atoms in total. The first kappa shape index (κ1) is 17.2. The summed E-state index contributed by atoms with van der Waals surface area (Å²) in [6.07, 6.45) is 1.70. The molecule has 0 radical (unpaired) electrons. The van der Waals surface area contributed by atoms with Gasteiger partial charge in [-0.2, -0.15) is 0 Å². The fourth-order valence-corrected chi connectivity index (χ4v) is 3.20. The van der Waals surface area contributed by atoms with E-state index >= 15 is 0 Å². The van der Waals surface area contributed by atoms with E-state index in [0.717, 1.165) is 24.2 Å². The summed E-state index contributed by atoms with van der Waals surface area (Å²) in [6, 6.07) is 11.3. The number of amides is 2. The number of rotatable bonds is 4. The molecule has 25 heavy (non-hydrogen) atoms. The van der Waals surface area contributed by atoms with E-state index in [1.165, 1.54) is 0 Å². The van der Waals surface area contributed by atoms with Crippen LogP contribution in [0.3, 0.4) is 0 Å². The van der Waals surface area contributed by atoms with Crippen LogP contribution in [-0.4, -0.2) is 46.4 Å². The van der Waals surface area contributed by atoms with Crippen molar-refractivity contribution in [1.82, 2.24) is 15.0 Å². The molecule has 1 aliphatic heterocycles. The van der Waals surface area contributed by atoms with Crippen molar-refractivity contribution < 1.29 is 14.1 Å². The zero-order valence-corrected chi connectivity index (χ0v) is 14.6. The fraction of sp³-hybridized carbons (Fsp3) is 0.421. The van der Waals surface area contributed by atoms with Gasteiger partial charge >= 0.3 is 0 Å². The third-order valence-corrected chi connectivity index (χ3v) is 4.55. The summed E-state index contributed by atoms with van der Waals surface area (Å²) in [5, 5.41) is 3.95. The van der Waals surface area contributed by atoms with Gasteiger partial charge in [0.15, 0.2) is 5.69 Å². The van der Waals surface area contributed by atoms with Gasteiger partial charge in [0.2, 0.25) is 5.91 Å². The summed E-state index contributed by atoms with van der Waals surface area (Å²) in [7, 11) is 0. The van der Waals surface area contributed by atoms with Gasteiger partial charge in [0.05, 0.1) is 6.04 Å². The molecule has 0 spiro atoms. The first-order valence-corrected chi connectivity index (χ1v) is 8.67. The maximum absolute atomic E-state index is 13.0. The van der Waals surface area contributed by atoms with Crippen LogP contribution in [0.2, 0.25) is 0 Å². The average molecular weight is 341 g/mol. The lowest BCUT2D eigenvalue weighted by atomic mass is 10.0. The first-order valence-electron chi connectivity index (χ1n) is 8.67. The van der Waals surface area contributed by atoms with E-state index in [9.17, 15) is 9.59 Å². The molecule has 1 fully saturated rings. The summed E-state index contributed by atoms with van der Waals surface area (Å²) in [6.45, 7) is 5.12. The lowest BCUT2D eigenvalue weighted by molar-refractivity contribution is -0.131. The smallest absolute Gasteiger partial charge is 0.276 e. The molecule has 1 aromatic carbocycles. The lowest BCUT2D eigenvalue weighted by Gasteiger charge is -2.41. The monoisotopic (exact) mass is 341 g/mol. The van der Waals surface area contributed by atoms with E-state index in [-0.39, 0.29) is 17.9 Å². The highest BCUT2D eigenvalue weighted by molar-refractivity contribution is 5.92. The molecule has 132 valence electrons. The molecule has 1 aliphatic rings. The summed E-state index contributed by atoms with van der Waals surface area (Å²) >= 11 is 0. The number of hydrogen-bond acceptors (Lipinski definition) is 4. The van der Waals surface area contributed by atoms with E-state index < -0.39 is 0 Å². The van der Waals surface area contributed by atoms with Crippen molar-refractivity contribution in [1.29, 1.82) is 0 Å². The summed E-state index contributed by atoms with van der Waals surface area (Å²) in [5.74, 6) is 0.604. The second-order valence-corrected chi connectivity index (χ2v) is 6.32. The standard InChI is InChI=1S/C19H23N3O3/c1-3-7-16-12-17(20-25-16)19(24)22-11-10-21(14(2)23)13-18(22)15-8-5-4-6-9-15/h4-6,8-9,12,18H,3,7,10-11,13H2,1-2H3/t18-/m1/s1. The average Bonchev–Trinajstić information content (AvgIpc) is 3.10. The van der Waals surface area contributed by atoms with Gasteiger partial charge in [0.25, 0.3) is 5.91 Å². The SMILES string of the molecule is CCCc1cc(C(=O)N2CCN(C(C)=O)C[C@@H]2c2ccccc2)no1. The van der Waals surface area contributed by atoms with Gasteiger partial charge in [-0.05, 0) is 12.0 Å². The van der Waals surface area contributed by atoms with Crippen molar-refractivity contribution in [3.05, 3.63) is 53.4 Å². The van der Waals surface area contributed by atoms with Crippen molar-refractivity contribution in [3.63, 3.8) is 0 Å². The Hall–Kier alpha value is -2.63. The molecule has 1 atom stereocenters. The van der Waals surface area contributed by atoms with Crippen LogP contribution >= 0.6 is 0 Å². The maximum Gasteiger partial charge on any atom is 0.276 e. The number of aromatic nitrogens is 1. The predicted molar refractivity (Wildman–Crippen MR) is 93.0 cm³/mol. The summed E-state index contributed by atoms with van der Waals surface area (Å²) in [5.41, 5.74) is 1.35. The highest BCUT2D eigenvalue weighted by atomic mass is 16.5. The van der Waals surface area contributed by atoms with Gasteiger partial charge in [0.1, 0.15) is 5.76 Å². The van der Waals surface area contributed by atoms with Crippen LogP contribution in [0.25, 0.3) is 0 Å². The second-order valence-electron chi connectivity index (χ2n) is 6.32. The highest BCUT2D eigenvalue weighted by Crippen LogP contribution is 2.27. The molecule has 2 heterocycles. The third kappa shape index (κ3) is 3.73. The third-order valence-electron chi connectivity index (χ3n) is 4.55. The van der Waals surface area contributed by atoms with Crippen LogP contribution < -0.4 is 0 Å². The second kappa shape index (κ2) is 7.51. The summed E-state index contributed by atoms with van der Waals surface area (Å²) in [4.78, 5) is 28.3. The summed E-state index contributed by atoms with van der Waals surface area (Å²) < 4.78 is 5.26. The number of benzene rings is 1. The van der Waals surface area contributed by atoms with Gasteiger partial charge in [-0.1, -0.05) is 42.4 Å². The Morgan fingerprint density at radius 1 is 1.24 bits per heavy atom. The molecule has 0 bridgehead atoms. The van der Waals surface area contributed by atoms with Crippen molar-refractivity contribution >= 4 is 11.8 Å². The topological polar surface area (TPSA) is 66.7 Å².